The first-order valence-corrected chi connectivity index (χ1v) is 6.82. The second-order valence-corrected chi connectivity index (χ2v) is 5.65. The van der Waals surface area contributed by atoms with E-state index in [4.69, 9.17) is 17.3 Å². The molecule has 1 saturated carbocycles. The molecule has 0 saturated heterocycles. The Morgan fingerprint density at radius 1 is 1.62 bits per heavy atom. The van der Waals surface area contributed by atoms with E-state index in [-0.39, 0.29) is 5.28 Å². The third kappa shape index (κ3) is 2.35. The summed E-state index contributed by atoms with van der Waals surface area (Å²) < 4.78 is 0.351. The van der Waals surface area contributed by atoms with Crippen molar-refractivity contribution in [1.82, 2.24) is 9.97 Å². The fourth-order valence-electron chi connectivity index (χ4n) is 1.78. The van der Waals surface area contributed by atoms with Crippen molar-refractivity contribution in [2.45, 2.75) is 24.0 Å². The van der Waals surface area contributed by atoms with Crippen molar-refractivity contribution in [2.75, 3.05) is 23.9 Å². The molecule has 4 nitrogen and oxygen atoms in total. The molecule has 0 radical (unpaired) electrons. The molecule has 1 aromatic rings. The number of hydrogen-bond acceptors (Lipinski definition) is 5. The first kappa shape index (κ1) is 11.8. The Kier molecular flexibility index (Phi) is 3.44. The van der Waals surface area contributed by atoms with Gasteiger partial charge in [0.15, 0.2) is 5.82 Å². The van der Waals surface area contributed by atoms with Crippen LogP contribution in [0, 0.1) is 0 Å². The van der Waals surface area contributed by atoms with Gasteiger partial charge in [-0.2, -0.15) is 16.7 Å². The first-order valence-electron chi connectivity index (χ1n) is 5.22. The zero-order valence-electron chi connectivity index (χ0n) is 9.16. The maximum Gasteiger partial charge on any atom is 0.224 e. The molecule has 1 heterocycles. The monoisotopic (exact) mass is 258 g/mol. The van der Waals surface area contributed by atoms with E-state index < -0.39 is 0 Å². The van der Waals surface area contributed by atoms with Gasteiger partial charge >= 0.3 is 0 Å². The van der Waals surface area contributed by atoms with Crippen LogP contribution in [0.25, 0.3) is 0 Å². The fourth-order valence-corrected chi connectivity index (χ4v) is 2.83. The molecule has 16 heavy (non-hydrogen) atoms. The normalized spacial score (nSPS) is 17.9. The third-order valence-electron chi connectivity index (χ3n) is 3.06. The van der Waals surface area contributed by atoms with Crippen molar-refractivity contribution < 1.29 is 0 Å². The zero-order valence-corrected chi connectivity index (χ0v) is 10.7. The quantitative estimate of drug-likeness (QED) is 0.812. The lowest BCUT2D eigenvalue weighted by Gasteiger charge is -2.40. The summed E-state index contributed by atoms with van der Waals surface area (Å²) in [7, 11) is 0. The highest BCUT2D eigenvalue weighted by molar-refractivity contribution is 8.00. The van der Waals surface area contributed by atoms with Gasteiger partial charge in [0.05, 0.1) is 11.9 Å². The fraction of sp³-hybridized carbons (Fsp3) is 0.600. The van der Waals surface area contributed by atoms with Crippen LogP contribution in [0.1, 0.15) is 19.3 Å². The van der Waals surface area contributed by atoms with Gasteiger partial charge in [0, 0.05) is 11.3 Å². The Morgan fingerprint density at radius 2 is 2.38 bits per heavy atom. The summed E-state index contributed by atoms with van der Waals surface area (Å²) in [4.78, 5) is 7.90. The topological polar surface area (TPSA) is 63.8 Å². The molecule has 88 valence electrons. The van der Waals surface area contributed by atoms with Crippen molar-refractivity contribution in [3.05, 3.63) is 11.5 Å². The molecule has 0 bridgehead atoms. The molecule has 1 aliphatic rings. The number of hydrogen-bond donors (Lipinski definition) is 2. The van der Waals surface area contributed by atoms with E-state index in [1.54, 1.807) is 0 Å². The van der Waals surface area contributed by atoms with Gasteiger partial charge in [-0.1, -0.05) is 6.42 Å². The number of halogens is 1. The van der Waals surface area contributed by atoms with E-state index in [9.17, 15) is 0 Å². The minimum Gasteiger partial charge on any atom is -0.394 e. The predicted molar refractivity (Wildman–Crippen MR) is 70.0 cm³/mol. The van der Waals surface area contributed by atoms with Crippen molar-refractivity contribution in [1.29, 1.82) is 0 Å². The minimum absolute atomic E-state index is 0.225. The van der Waals surface area contributed by atoms with Crippen molar-refractivity contribution in [3.63, 3.8) is 0 Å². The molecule has 0 amide bonds. The summed E-state index contributed by atoms with van der Waals surface area (Å²) in [6.07, 6.45) is 7.49. The highest BCUT2D eigenvalue weighted by atomic mass is 35.5. The number of nitrogens with two attached hydrogens (primary N) is 1. The second-order valence-electron chi connectivity index (χ2n) is 4.04. The van der Waals surface area contributed by atoms with Crippen LogP contribution < -0.4 is 11.1 Å². The van der Waals surface area contributed by atoms with E-state index in [1.165, 1.54) is 25.5 Å². The van der Waals surface area contributed by atoms with Crippen LogP contribution >= 0.6 is 23.4 Å². The summed E-state index contributed by atoms with van der Waals surface area (Å²) in [5.41, 5.74) is 6.31. The molecule has 0 atom stereocenters. The number of nitrogen functional groups attached to an aromatic ring is 1. The molecule has 0 aliphatic heterocycles. The largest absolute Gasteiger partial charge is 0.394 e. The number of thioether (sulfide) groups is 1. The molecule has 1 fully saturated rings. The minimum atomic E-state index is 0.225. The molecule has 0 aromatic carbocycles. The summed E-state index contributed by atoms with van der Waals surface area (Å²) in [6, 6.07) is 0. The van der Waals surface area contributed by atoms with Crippen molar-refractivity contribution in [3.8, 4) is 0 Å². The van der Waals surface area contributed by atoms with Crippen LogP contribution in [0.4, 0.5) is 11.5 Å². The Bertz CT molecular complexity index is 376. The van der Waals surface area contributed by atoms with E-state index in [0.717, 1.165) is 6.54 Å². The van der Waals surface area contributed by atoms with Gasteiger partial charge in [0.2, 0.25) is 5.28 Å². The van der Waals surface area contributed by atoms with Crippen molar-refractivity contribution in [2.24, 2.45) is 0 Å². The van der Waals surface area contributed by atoms with Gasteiger partial charge in [-0.15, -0.1) is 0 Å². The zero-order chi connectivity index (χ0) is 11.6. The van der Waals surface area contributed by atoms with Gasteiger partial charge in [-0.05, 0) is 30.7 Å². The first-order chi connectivity index (χ1) is 7.65. The standard InChI is InChI=1S/C10H15ClN4S/c1-16-10(3-2-4-10)6-14-8-7(12)5-13-9(11)15-8/h5H,2-4,6,12H2,1H3,(H,13,14,15). The maximum absolute atomic E-state index is 5.77. The molecule has 1 aromatic heterocycles. The third-order valence-corrected chi connectivity index (χ3v) is 4.66. The number of aromatic nitrogens is 2. The van der Waals surface area contributed by atoms with E-state index in [0.29, 0.717) is 16.3 Å². The van der Waals surface area contributed by atoms with Gasteiger partial charge in [0.25, 0.3) is 0 Å². The number of rotatable bonds is 4. The lowest BCUT2D eigenvalue weighted by molar-refractivity contribution is 0.379. The van der Waals surface area contributed by atoms with E-state index >= 15 is 0 Å². The molecule has 0 unspecified atom stereocenters. The Labute approximate surface area is 104 Å². The van der Waals surface area contributed by atoms with Crippen LogP contribution in [-0.4, -0.2) is 27.5 Å². The molecule has 2 rings (SSSR count). The highest BCUT2D eigenvalue weighted by Gasteiger charge is 2.35. The lowest BCUT2D eigenvalue weighted by atomic mass is 9.84. The lowest BCUT2D eigenvalue weighted by Crippen LogP contribution is -2.40. The average Bonchev–Trinajstić information content (AvgIpc) is 2.22. The smallest absolute Gasteiger partial charge is 0.224 e. The highest BCUT2D eigenvalue weighted by Crippen LogP contribution is 2.42. The van der Waals surface area contributed by atoms with E-state index in [1.807, 2.05) is 11.8 Å². The molecule has 0 spiro atoms. The van der Waals surface area contributed by atoms with Crippen LogP contribution in [0.2, 0.25) is 5.28 Å². The van der Waals surface area contributed by atoms with Gasteiger partial charge < -0.3 is 11.1 Å². The summed E-state index contributed by atoms with van der Waals surface area (Å²) in [6.45, 7) is 0.881. The number of nitrogens with zero attached hydrogens (tertiary/aromatic N) is 2. The summed E-state index contributed by atoms with van der Waals surface area (Å²) in [5, 5.41) is 3.49. The average molecular weight is 259 g/mol. The summed E-state index contributed by atoms with van der Waals surface area (Å²) in [5.74, 6) is 0.639. The Hall–Kier alpha value is -0.680. The van der Waals surface area contributed by atoms with E-state index in [2.05, 4.69) is 21.5 Å². The Balaban J connectivity index is 2.01. The summed E-state index contributed by atoms with van der Waals surface area (Å²) >= 11 is 7.63. The molecule has 1 aliphatic carbocycles. The predicted octanol–water partition coefficient (Wildman–Crippen LogP) is 2.41. The molecular weight excluding hydrogens is 244 g/mol. The maximum atomic E-state index is 5.77. The van der Waals surface area contributed by atoms with Crippen molar-refractivity contribution >= 4 is 34.9 Å². The Morgan fingerprint density at radius 3 is 2.94 bits per heavy atom. The number of nitrogens with one attached hydrogen (secondary N) is 1. The molecular formula is C10H15ClN4S. The van der Waals surface area contributed by atoms with Crippen LogP contribution in [-0.2, 0) is 0 Å². The van der Waals surface area contributed by atoms with Gasteiger partial charge in [-0.3, -0.25) is 0 Å². The van der Waals surface area contributed by atoms with Crippen LogP contribution in [0.15, 0.2) is 6.20 Å². The molecule has 6 heteroatoms. The second kappa shape index (κ2) is 4.67. The SMILES string of the molecule is CSC1(CNc2nc(Cl)ncc2N)CCC1. The molecule has 3 N–H and O–H groups in total. The van der Waals surface area contributed by atoms with Gasteiger partial charge in [-0.25, -0.2) is 4.98 Å². The van der Waals surface area contributed by atoms with Gasteiger partial charge in [0.1, 0.15) is 0 Å². The number of anilines is 2. The van der Waals surface area contributed by atoms with Crippen LogP contribution in [0.3, 0.4) is 0 Å². The van der Waals surface area contributed by atoms with Crippen LogP contribution in [0.5, 0.6) is 0 Å².